The van der Waals surface area contributed by atoms with Gasteiger partial charge in [0.15, 0.2) is 0 Å². The van der Waals surface area contributed by atoms with Crippen molar-refractivity contribution >= 4 is 11.7 Å². The summed E-state index contributed by atoms with van der Waals surface area (Å²) in [6, 6.07) is 4.39. The summed E-state index contributed by atoms with van der Waals surface area (Å²) in [5.41, 5.74) is 0.211. The average molecular weight is 368 g/mol. The van der Waals surface area contributed by atoms with E-state index in [9.17, 15) is 18.0 Å². The predicted octanol–water partition coefficient (Wildman–Crippen LogP) is 3.53. The maximum absolute atomic E-state index is 12.6. The van der Waals surface area contributed by atoms with Crippen molar-refractivity contribution in [1.29, 1.82) is 0 Å². The Morgan fingerprint density at radius 2 is 2.04 bits per heavy atom. The molecule has 3 rings (SSSR count). The van der Waals surface area contributed by atoms with Crippen LogP contribution >= 0.6 is 0 Å². The van der Waals surface area contributed by atoms with Crippen LogP contribution in [-0.4, -0.2) is 46.5 Å². The van der Waals surface area contributed by atoms with E-state index in [-0.39, 0.29) is 12.1 Å². The van der Waals surface area contributed by atoms with Crippen LogP contribution < -0.4 is 5.32 Å². The number of anilines is 1. The number of hydrogen-bond acceptors (Lipinski definition) is 3. The SMILES string of the molecule is C[C@H]1CN(C(=O)Nc2cnn(-c3ccc(C(F)(F)F)cc3)c2)CCCO1. The molecule has 0 unspecified atom stereocenters. The van der Waals surface area contributed by atoms with E-state index in [4.69, 9.17) is 4.74 Å². The van der Waals surface area contributed by atoms with Crippen LogP contribution in [0.3, 0.4) is 0 Å². The van der Waals surface area contributed by atoms with Crippen molar-refractivity contribution in [1.82, 2.24) is 14.7 Å². The number of carbonyl (C=O) groups excluding carboxylic acids is 1. The molecule has 0 aliphatic carbocycles. The number of benzene rings is 1. The second kappa shape index (κ2) is 7.36. The van der Waals surface area contributed by atoms with Crippen molar-refractivity contribution in [3.63, 3.8) is 0 Å². The lowest BCUT2D eigenvalue weighted by Gasteiger charge is -2.22. The quantitative estimate of drug-likeness (QED) is 0.882. The van der Waals surface area contributed by atoms with Gasteiger partial charge in [0.05, 0.1) is 35.4 Å². The Bertz CT molecular complexity index is 758. The molecule has 6 nitrogen and oxygen atoms in total. The lowest BCUT2D eigenvalue weighted by molar-refractivity contribution is -0.137. The first-order chi connectivity index (χ1) is 12.3. The van der Waals surface area contributed by atoms with E-state index in [0.717, 1.165) is 18.6 Å². The zero-order valence-corrected chi connectivity index (χ0v) is 14.2. The highest BCUT2D eigenvalue weighted by molar-refractivity contribution is 5.89. The molecule has 0 radical (unpaired) electrons. The van der Waals surface area contributed by atoms with Crippen LogP contribution in [-0.2, 0) is 10.9 Å². The molecule has 2 heterocycles. The van der Waals surface area contributed by atoms with Crippen LogP contribution in [0.15, 0.2) is 36.7 Å². The Morgan fingerprint density at radius 3 is 2.73 bits per heavy atom. The standard InChI is InChI=1S/C17H19F3N4O2/c1-12-10-23(7-2-8-26-12)16(25)22-14-9-21-24(11-14)15-5-3-13(4-6-15)17(18,19)20/h3-6,9,11-12H,2,7-8,10H2,1H3,(H,22,25)/t12-/m0/s1. The van der Waals surface area contributed by atoms with Crippen LogP contribution in [0.2, 0.25) is 0 Å². The van der Waals surface area contributed by atoms with E-state index >= 15 is 0 Å². The Kier molecular flexibility index (Phi) is 5.17. The molecule has 1 fully saturated rings. The molecule has 2 amide bonds. The fraction of sp³-hybridized carbons (Fsp3) is 0.412. The largest absolute Gasteiger partial charge is 0.416 e. The Balaban J connectivity index is 1.67. The second-order valence-corrected chi connectivity index (χ2v) is 6.13. The summed E-state index contributed by atoms with van der Waals surface area (Å²) in [5.74, 6) is 0. The Labute approximate surface area is 148 Å². The highest BCUT2D eigenvalue weighted by atomic mass is 19.4. The number of aromatic nitrogens is 2. The van der Waals surface area contributed by atoms with Gasteiger partial charge in [-0.15, -0.1) is 0 Å². The average Bonchev–Trinajstić information content (AvgIpc) is 2.94. The molecule has 9 heteroatoms. The third kappa shape index (κ3) is 4.34. The van der Waals surface area contributed by atoms with Gasteiger partial charge in [-0.1, -0.05) is 0 Å². The normalized spacial score (nSPS) is 18.5. The van der Waals surface area contributed by atoms with Gasteiger partial charge in [0.2, 0.25) is 0 Å². The van der Waals surface area contributed by atoms with Crippen LogP contribution in [0.25, 0.3) is 5.69 Å². The summed E-state index contributed by atoms with van der Waals surface area (Å²) in [6.07, 6.45) is -0.637. The minimum absolute atomic E-state index is 0.0295. The second-order valence-electron chi connectivity index (χ2n) is 6.13. The molecule has 1 aliphatic heterocycles. The summed E-state index contributed by atoms with van der Waals surface area (Å²) >= 11 is 0. The first kappa shape index (κ1) is 18.2. The molecule has 140 valence electrons. The van der Waals surface area contributed by atoms with Gasteiger partial charge in [0.25, 0.3) is 0 Å². The van der Waals surface area contributed by atoms with Gasteiger partial charge in [0.1, 0.15) is 0 Å². The molecule has 26 heavy (non-hydrogen) atoms. The van der Waals surface area contributed by atoms with Crippen LogP contribution in [0.5, 0.6) is 0 Å². The summed E-state index contributed by atoms with van der Waals surface area (Å²) in [7, 11) is 0. The maximum atomic E-state index is 12.6. The fourth-order valence-corrected chi connectivity index (χ4v) is 2.71. The lowest BCUT2D eigenvalue weighted by atomic mass is 10.2. The number of carbonyl (C=O) groups is 1. The zero-order chi connectivity index (χ0) is 18.7. The molecule has 1 atom stereocenters. The van der Waals surface area contributed by atoms with Gasteiger partial charge in [-0.25, -0.2) is 9.48 Å². The van der Waals surface area contributed by atoms with Crippen molar-refractivity contribution in [2.24, 2.45) is 0 Å². The van der Waals surface area contributed by atoms with E-state index < -0.39 is 11.7 Å². The third-order valence-corrected chi connectivity index (χ3v) is 4.03. The van der Waals surface area contributed by atoms with Gasteiger partial charge in [-0.05, 0) is 37.6 Å². The molecule has 0 spiro atoms. The Morgan fingerprint density at radius 1 is 1.31 bits per heavy atom. The molecule has 0 bridgehead atoms. The monoisotopic (exact) mass is 368 g/mol. The summed E-state index contributed by atoms with van der Waals surface area (Å²) < 4.78 is 44.8. The first-order valence-electron chi connectivity index (χ1n) is 8.23. The van der Waals surface area contributed by atoms with E-state index in [1.54, 1.807) is 11.1 Å². The summed E-state index contributed by atoms with van der Waals surface area (Å²) in [5, 5.41) is 6.84. The van der Waals surface area contributed by atoms with Crippen molar-refractivity contribution in [2.45, 2.75) is 25.6 Å². The summed E-state index contributed by atoms with van der Waals surface area (Å²) in [6.45, 7) is 3.63. The zero-order valence-electron chi connectivity index (χ0n) is 14.2. The maximum Gasteiger partial charge on any atom is 0.416 e. The minimum atomic E-state index is -4.38. The van der Waals surface area contributed by atoms with Crippen molar-refractivity contribution in [3.05, 3.63) is 42.2 Å². The van der Waals surface area contributed by atoms with E-state index in [2.05, 4.69) is 10.4 Å². The van der Waals surface area contributed by atoms with Crippen molar-refractivity contribution in [2.75, 3.05) is 25.0 Å². The first-order valence-corrected chi connectivity index (χ1v) is 8.23. The Hall–Kier alpha value is -2.55. The topological polar surface area (TPSA) is 59.4 Å². The third-order valence-electron chi connectivity index (χ3n) is 4.03. The van der Waals surface area contributed by atoms with Crippen LogP contribution in [0.1, 0.15) is 18.9 Å². The molecule has 1 saturated heterocycles. The predicted molar refractivity (Wildman–Crippen MR) is 89.2 cm³/mol. The number of alkyl halides is 3. The molecule has 1 aliphatic rings. The molecule has 0 saturated carbocycles. The number of nitrogens with one attached hydrogen (secondary N) is 1. The van der Waals surface area contributed by atoms with Crippen LogP contribution in [0.4, 0.5) is 23.7 Å². The number of nitrogens with zero attached hydrogens (tertiary/aromatic N) is 3. The van der Waals surface area contributed by atoms with E-state index in [1.165, 1.54) is 23.0 Å². The summed E-state index contributed by atoms with van der Waals surface area (Å²) in [4.78, 5) is 14.0. The molecule has 1 aromatic heterocycles. The number of ether oxygens (including phenoxy) is 1. The minimum Gasteiger partial charge on any atom is -0.377 e. The van der Waals surface area contributed by atoms with E-state index in [0.29, 0.717) is 31.1 Å². The lowest BCUT2D eigenvalue weighted by Crippen LogP contribution is -2.38. The van der Waals surface area contributed by atoms with Crippen LogP contribution in [0, 0.1) is 0 Å². The molecule has 1 N–H and O–H groups in total. The molecule has 1 aromatic carbocycles. The van der Waals surface area contributed by atoms with Gasteiger partial charge < -0.3 is 15.0 Å². The molecular formula is C17H19F3N4O2. The number of urea groups is 1. The number of amides is 2. The smallest absolute Gasteiger partial charge is 0.377 e. The number of rotatable bonds is 2. The van der Waals surface area contributed by atoms with Crippen molar-refractivity contribution in [3.8, 4) is 5.69 Å². The number of hydrogen-bond donors (Lipinski definition) is 1. The van der Waals surface area contributed by atoms with Crippen molar-refractivity contribution < 1.29 is 22.7 Å². The number of halogens is 3. The van der Waals surface area contributed by atoms with Gasteiger partial charge >= 0.3 is 12.2 Å². The highest BCUT2D eigenvalue weighted by Gasteiger charge is 2.30. The molecule has 2 aromatic rings. The van der Waals surface area contributed by atoms with E-state index in [1.807, 2.05) is 6.92 Å². The van der Waals surface area contributed by atoms with Gasteiger partial charge in [0, 0.05) is 19.7 Å². The van der Waals surface area contributed by atoms with Gasteiger partial charge in [-0.2, -0.15) is 18.3 Å². The fourth-order valence-electron chi connectivity index (χ4n) is 2.71. The van der Waals surface area contributed by atoms with Gasteiger partial charge in [-0.3, -0.25) is 0 Å². The molecular weight excluding hydrogens is 349 g/mol. The highest BCUT2D eigenvalue weighted by Crippen LogP contribution is 2.29.